The second-order valence-electron chi connectivity index (χ2n) is 5.67. The zero-order valence-corrected chi connectivity index (χ0v) is 14.3. The lowest BCUT2D eigenvalue weighted by molar-refractivity contribution is 0.242. The molecule has 0 saturated heterocycles. The van der Waals surface area contributed by atoms with E-state index < -0.39 is 0 Å². The molecule has 0 saturated carbocycles. The van der Waals surface area contributed by atoms with Gasteiger partial charge in [-0.1, -0.05) is 12.1 Å². The van der Waals surface area contributed by atoms with Gasteiger partial charge < -0.3 is 20.1 Å². The van der Waals surface area contributed by atoms with Crippen LogP contribution < -0.4 is 20.1 Å². The fourth-order valence-electron chi connectivity index (χ4n) is 2.21. The van der Waals surface area contributed by atoms with Crippen LogP contribution in [0, 0.1) is 0 Å². The van der Waals surface area contributed by atoms with E-state index in [1.54, 1.807) is 7.11 Å². The molecule has 5 heteroatoms. The van der Waals surface area contributed by atoms with Crippen molar-refractivity contribution in [2.24, 2.45) is 0 Å². The molecule has 24 heavy (non-hydrogen) atoms. The second-order valence-corrected chi connectivity index (χ2v) is 5.67. The molecule has 2 rings (SSSR count). The van der Waals surface area contributed by atoms with E-state index in [0.29, 0.717) is 6.54 Å². The van der Waals surface area contributed by atoms with Crippen LogP contribution in [0.5, 0.6) is 11.5 Å². The zero-order chi connectivity index (χ0) is 17.4. The van der Waals surface area contributed by atoms with E-state index >= 15 is 0 Å². The summed E-state index contributed by atoms with van der Waals surface area (Å²) in [6.07, 6.45) is 0.870. The molecule has 2 N–H and O–H groups in total. The summed E-state index contributed by atoms with van der Waals surface area (Å²) in [5.74, 6) is 1.61. The Labute approximate surface area is 143 Å². The van der Waals surface area contributed by atoms with E-state index in [9.17, 15) is 4.79 Å². The fourth-order valence-corrected chi connectivity index (χ4v) is 2.21. The van der Waals surface area contributed by atoms with Gasteiger partial charge in [0.25, 0.3) is 0 Å². The summed E-state index contributed by atoms with van der Waals surface area (Å²) in [5, 5.41) is 5.64. The van der Waals surface area contributed by atoms with Crippen molar-refractivity contribution in [3.8, 4) is 11.5 Å². The number of carbonyl (C=O) groups is 1. The molecule has 0 aromatic heterocycles. The summed E-state index contributed by atoms with van der Waals surface area (Å²) in [7, 11) is 1.64. The molecule has 128 valence electrons. The highest BCUT2D eigenvalue weighted by atomic mass is 16.5. The first-order chi connectivity index (χ1) is 11.6. The molecule has 2 amide bonds. The minimum absolute atomic E-state index is 0.128. The van der Waals surface area contributed by atoms with Crippen LogP contribution in [0.25, 0.3) is 0 Å². The van der Waals surface area contributed by atoms with Gasteiger partial charge in [0.1, 0.15) is 11.5 Å². The van der Waals surface area contributed by atoms with Crippen molar-refractivity contribution in [2.75, 3.05) is 19.0 Å². The highest BCUT2D eigenvalue weighted by molar-refractivity contribution is 5.89. The molecule has 0 aliphatic rings. The Kier molecular flexibility index (Phi) is 6.49. The Morgan fingerprint density at radius 3 is 2.50 bits per heavy atom. The Hall–Kier alpha value is -2.69. The third kappa shape index (κ3) is 5.83. The van der Waals surface area contributed by atoms with Crippen LogP contribution in [0.1, 0.15) is 19.4 Å². The maximum absolute atomic E-state index is 11.9. The molecule has 0 heterocycles. The normalized spacial score (nSPS) is 10.3. The molecule has 0 unspecified atom stereocenters. The molecule has 2 aromatic carbocycles. The van der Waals surface area contributed by atoms with Crippen LogP contribution >= 0.6 is 0 Å². The average molecular weight is 328 g/mol. The number of urea groups is 1. The van der Waals surface area contributed by atoms with E-state index in [0.717, 1.165) is 29.2 Å². The summed E-state index contributed by atoms with van der Waals surface area (Å²) >= 11 is 0. The largest absolute Gasteiger partial charge is 0.497 e. The first-order valence-corrected chi connectivity index (χ1v) is 8.01. The summed E-state index contributed by atoms with van der Waals surface area (Å²) in [6, 6.07) is 14.9. The van der Waals surface area contributed by atoms with Gasteiger partial charge in [-0.25, -0.2) is 4.79 Å². The smallest absolute Gasteiger partial charge is 0.319 e. The second kappa shape index (κ2) is 8.82. The van der Waals surface area contributed by atoms with Crippen molar-refractivity contribution in [1.82, 2.24) is 5.32 Å². The standard InChI is InChI=1S/C19H24N2O3/c1-14(2)24-17-9-7-16(8-10-17)21-19(22)20-12-11-15-5-4-6-18(13-15)23-3/h4-10,13-14H,11-12H2,1-3H3,(H2,20,21,22). The van der Waals surface area contributed by atoms with Gasteiger partial charge in [0.15, 0.2) is 0 Å². The van der Waals surface area contributed by atoms with Gasteiger partial charge in [-0.15, -0.1) is 0 Å². The van der Waals surface area contributed by atoms with E-state index in [1.165, 1.54) is 0 Å². The first-order valence-electron chi connectivity index (χ1n) is 8.01. The molecule has 0 radical (unpaired) electrons. The van der Waals surface area contributed by atoms with Gasteiger partial charge in [0, 0.05) is 12.2 Å². The summed E-state index contributed by atoms with van der Waals surface area (Å²) < 4.78 is 10.8. The lowest BCUT2D eigenvalue weighted by atomic mass is 10.1. The van der Waals surface area contributed by atoms with Gasteiger partial charge in [-0.3, -0.25) is 0 Å². The van der Waals surface area contributed by atoms with Gasteiger partial charge in [0.05, 0.1) is 13.2 Å². The van der Waals surface area contributed by atoms with Crippen molar-refractivity contribution < 1.29 is 14.3 Å². The number of nitrogens with one attached hydrogen (secondary N) is 2. The topological polar surface area (TPSA) is 59.6 Å². The van der Waals surface area contributed by atoms with Crippen molar-refractivity contribution >= 4 is 11.7 Å². The number of rotatable bonds is 7. The van der Waals surface area contributed by atoms with Crippen LogP contribution in [0.4, 0.5) is 10.5 Å². The number of methoxy groups -OCH3 is 1. The number of carbonyl (C=O) groups excluding carboxylic acids is 1. The summed E-state index contributed by atoms with van der Waals surface area (Å²) in [6.45, 7) is 4.50. The average Bonchev–Trinajstić information content (AvgIpc) is 2.56. The number of hydrogen-bond donors (Lipinski definition) is 2. The fraction of sp³-hybridized carbons (Fsp3) is 0.316. The maximum atomic E-state index is 11.9. The summed E-state index contributed by atoms with van der Waals surface area (Å²) in [5.41, 5.74) is 1.84. The monoisotopic (exact) mass is 328 g/mol. The van der Waals surface area contributed by atoms with Crippen LogP contribution in [0.3, 0.4) is 0 Å². The number of hydrogen-bond acceptors (Lipinski definition) is 3. The Morgan fingerprint density at radius 2 is 1.83 bits per heavy atom. The molecule has 0 spiro atoms. The zero-order valence-electron chi connectivity index (χ0n) is 14.3. The van der Waals surface area contributed by atoms with Gasteiger partial charge >= 0.3 is 6.03 Å². The molecular weight excluding hydrogens is 304 g/mol. The van der Waals surface area contributed by atoms with Gasteiger partial charge in [0.2, 0.25) is 0 Å². The lowest BCUT2D eigenvalue weighted by Gasteiger charge is -2.11. The highest BCUT2D eigenvalue weighted by Crippen LogP contribution is 2.17. The lowest BCUT2D eigenvalue weighted by Crippen LogP contribution is -2.30. The van der Waals surface area contributed by atoms with Crippen molar-refractivity contribution in [1.29, 1.82) is 0 Å². The van der Waals surface area contributed by atoms with Crippen LogP contribution in [0.2, 0.25) is 0 Å². The van der Waals surface area contributed by atoms with Crippen LogP contribution in [0.15, 0.2) is 48.5 Å². The minimum atomic E-state index is -0.226. The molecular formula is C19H24N2O3. The van der Waals surface area contributed by atoms with Crippen molar-refractivity contribution in [3.05, 3.63) is 54.1 Å². The number of anilines is 1. The quantitative estimate of drug-likeness (QED) is 0.812. The third-order valence-corrected chi connectivity index (χ3v) is 3.32. The molecule has 2 aromatic rings. The molecule has 0 fully saturated rings. The minimum Gasteiger partial charge on any atom is -0.497 e. The Balaban J connectivity index is 1.76. The molecule has 0 aliphatic heterocycles. The first kappa shape index (κ1) is 17.7. The molecule has 0 bridgehead atoms. The van der Waals surface area contributed by atoms with Crippen LogP contribution in [-0.4, -0.2) is 25.8 Å². The van der Waals surface area contributed by atoms with E-state index in [-0.39, 0.29) is 12.1 Å². The predicted octanol–water partition coefficient (Wildman–Crippen LogP) is 3.85. The highest BCUT2D eigenvalue weighted by Gasteiger charge is 2.03. The number of ether oxygens (including phenoxy) is 2. The molecule has 0 aliphatic carbocycles. The van der Waals surface area contributed by atoms with Gasteiger partial charge in [-0.2, -0.15) is 0 Å². The maximum Gasteiger partial charge on any atom is 0.319 e. The molecule has 0 atom stereocenters. The van der Waals surface area contributed by atoms with E-state index in [4.69, 9.17) is 9.47 Å². The number of amides is 2. The number of benzene rings is 2. The third-order valence-electron chi connectivity index (χ3n) is 3.32. The van der Waals surface area contributed by atoms with Crippen molar-refractivity contribution in [2.45, 2.75) is 26.4 Å². The Morgan fingerprint density at radius 1 is 1.08 bits per heavy atom. The van der Waals surface area contributed by atoms with Gasteiger partial charge in [-0.05, 0) is 62.2 Å². The predicted molar refractivity (Wildman–Crippen MR) is 95.9 cm³/mol. The Bertz CT molecular complexity index is 654. The van der Waals surface area contributed by atoms with E-state index in [1.807, 2.05) is 62.4 Å². The SMILES string of the molecule is COc1cccc(CCNC(=O)Nc2ccc(OC(C)C)cc2)c1. The molecule has 5 nitrogen and oxygen atoms in total. The van der Waals surface area contributed by atoms with Crippen LogP contribution in [-0.2, 0) is 6.42 Å². The van der Waals surface area contributed by atoms with Crippen molar-refractivity contribution in [3.63, 3.8) is 0 Å². The summed E-state index contributed by atoms with van der Waals surface area (Å²) in [4.78, 5) is 11.9. The van der Waals surface area contributed by atoms with E-state index in [2.05, 4.69) is 10.6 Å².